The number of alkyl halides is 9. The van der Waals surface area contributed by atoms with Crippen LogP contribution >= 0.6 is 0 Å². The Labute approximate surface area is 265 Å². The van der Waals surface area contributed by atoms with Gasteiger partial charge in [0, 0.05) is 17.7 Å². The van der Waals surface area contributed by atoms with Crippen molar-refractivity contribution in [1.29, 1.82) is 0 Å². The highest BCUT2D eigenvalue weighted by molar-refractivity contribution is 5.89. The molecule has 2 heterocycles. The number of nitrogens with zero attached hydrogens (tertiary/aromatic N) is 1. The zero-order valence-electron chi connectivity index (χ0n) is 25.8. The van der Waals surface area contributed by atoms with E-state index in [-0.39, 0.29) is 54.0 Å². The number of hydrogen-bond donors (Lipinski definition) is 2. The molecular formula is C31H35F9N2O5. The number of rotatable bonds is 12. The fourth-order valence-electron chi connectivity index (χ4n) is 6.11. The monoisotopic (exact) mass is 686 g/mol. The lowest BCUT2D eigenvalue weighted by molar-refractivity contribution is -0.385. The first-order chi connectivity index (χ1) is 21.8. The third-order valence-corrected chi connectivity index (χ3v) is 8.31. The number of benzene rings is 2. The Balaban J connectivity index is 1.47. The van der Waals surface area contributed by atoms with Gasteiger partial charge in [0.1, 0.15) is 17.0 Å². The standard InChI is InChI=1S/C31H35F9N2O5/c1-4-8-18-16-23-22(17-46-28(23,29(32,33)34)30(35,36)37)21(9-5-2)24(18)45-15-7-6-14-42-25(43)27(3,41-26(42)44)19-10-12-20(13-11-19)47-31(38,39)40/h10-13,16,26,41,44H,4-9,14-15,17H2,1-3H3. The third-order valence-electron chi connectivity index (χ3n) is 8.31. The number of amides is 1. The molecule has 2 aromatic rings. The van der Waals surface area contributed by atoms with Gasteiger partial charge in [0.05, 0.1) is 13.2 Å². The number of unbranched alkanes of at least 4 members (excludes halogenated alkanes) is 1. The first-order valence-corrected chi connectivity index (χ1v) is 15.0. The first kappa shape index (κ1) is 36.6. The Morgan fingerprint density at radius 2 is 1.60 bits per heavy atom. The summed E-state index contributed by atoms with van der Waals surface area (Å²) in [6, 6.07) is 5.54. The van der Waals surface area contributed by atoms with Crippen LogP contribution in [-0.2, 0) is 40.1 Å². The van der Waals surface area contributed by atoms with E-state index in [9.17, 15) is 49.4 Å². The number of aliphatic hydroxyl groups is 1. The highest BCUT2D eigenvalue weighted by atomic mass is 19.4. The van der Waals surface area contributed by atoms with Gasteiger partial charge in [-0.15, -0.1) is 13.2 Å². The van der Waals surface area contributed by atoms with Crippen LogP contribution in [0.2, 0.25) is 0 Å². The van der Waals surface area contributed by atoms with Crippen molar-refractivity contribution in [3.8, 4) is 11.5 Å². The molecule has 0 bridgehead atoms. The van der Waals surface area contributed by atoms with Crippen molar-refractivity contribution in [2.24, 2.45) is 0 Å². The molecule has 2 aromatic carbocycles. The molecule has 2 atom stereocenters. The normalized spacial score (nSPS) is 21.3. The lowest BCUT2D eigenvalue weighted by Gasteiger charge is -2.34. The van der Waals surface area contributed by atoms with E-state index in [1.807, 2.05) is 0 Å². The quantitative estimate of drug-likeness (QED) is 0.183. The molecule has 1 saturated heterocycles. The highest BCUT2D eigenvalue weighted by Gasteiger charge is 2.76. The van der Waals surface area contributed by atoms with E-state index in [2.05, 4.69) is 14.8 Å². The van der Waals surface area contributed by atoms with Gasteiger partial charge in [-0.2, -0.15) is 26.3 Å². The maximum Gasteiger partial charge on any atom is 0.573 e. The Morgan fingerprint density at radius 3 is 2.15 bits per heavy atom. The molecular weight excluding hydrogens is 651 g/mol. The molecule has 262 valence electrons. The summed E-state index contributed by atoms with van der Waals surface area (Å²) in [5.41, 5.74) is -6.32. The van der Waals surface area contributed by atoms with Gasteiger partial charge in [-0.3, -0.25) is 10.1 Å². The number of halogens is 9. The van der Waals surface area contributed by atoms with Gasteiger partial charge in [-0.25, -0.2) is 0 Å². The Morgan fingerprint density at radius 1 is 0.979 bits per heavy atom. The van der Waals surface area contributed by atoms with Crippen LogP contribution in [0.3, 0.4) is 0 Å². The van der Waals surface area contributed by atoms with Crippen molar-refractivity contribution in [2.45, 2.75) is 102 Å². The van der Waals surface area contributed by atoms with Crippen molar-refractivity contribution in [1.82, 2.24) is 10.2 Å². The van der Waals surface area contributed by atoms with Crippen molar-refractivity contribution in [3.05, 3.63) is 58.1 Å². The van der Waals surface area contributed by atoms with Gasteiger partial charge >= 0.3 is 18.7 Å². The van der Waals surface area contributed by atoms with Gasteiger partial charge in [0.2, 0.25) is 5.91 Å². The van der Waals surface area contributed by atoms with Gasteiger partial charge in [0.15, 0.2) is 6.35 Å². The number of nitrogens with one attached hydrogen (secondary N) is 1. The zero-order valence-corrected chi connectivity index (χ0v) is 25.8. The summed E-state index contributed by atoms with van der Waals surface area (Å²) in [5, 5.41) is 13.3. The van der Waals surface area contributed by atoms with Crippen LogP contribution < -0.4 is 14.8 Å². The Bertz CT molecular complexity index is 1410. The maximum absolute atomic E-state index is 14.0. The summed E-state index contributed by atoms with van der Waals surface area (Å²) in [4.78, 5) is 14.4. The lowest BCUT2D eigenvalue weighted by atomic mass is 9.84. The molecule has 0 radical (unpaired) electrons. The molecule has 1 amide bonds. The number of fused-ring (bicyclic) bond motifs is 1. The van der Waals surface area contributed by atoms with Gasteiger partial charge in [-0.1, -0.05) is 38.8 Å². The van der Waals surface area contributed by atoms with Crippen molar-refractivity contribution in [2.75, 3.05) is 13.2 Å². The molecule has 2 aliphatic heterocycles. The van der Waals surface area contributed by atoms with E-state index in [4.69, 9.17) is 4.74 Å². The molecule has 2 aliphatic rings. The minimum Gasteiger partial charge on any atom is -0.493 e. The van der Waals surface area contributed by atoms with E-state index in [1.54, 1.807) is 13.8 Å². The van der Waals surface area contributed by atoms with Crippen LogP contribution in [0.5, 0.6) is 11.5 Å². The average molecular weight is 687 g/mol. The van der Waals surface area contributed by atoms with Crippen LogP contribution in [0.4, 0.5) is 39.5 Å². The number of carbonyl (C=O) groups is 1. The largest absolute Gasteiger partial charge is 0.573 e. The van der Waals surface area contributed by atoms with Gasteiger partial charge < -0.3 is 24.2 Å². The summed E-state index contributed by atoms with van der Waals surface area (Å²) in [6.07, 6.45) is -16.0. The Hall–Kier alpha value is -3.24. The second-order valence-corrected chi connectivity index (χ2v) is 11.6. The first-order valence-electron chi connectivity index (χ1n) is 15.0. The van der Waals surface area contributed by atoms with E-state index in [0.29, 0.717) is 25.7 Å². The third kappa shape index (κ3) is 7.00. The van der Waals surface area contributed by atoms with Crippen LogP contribution in [0, 0.1) is 0 Å². The van der Waals surface area contributed by atoms with Gasteiger partial charge in [-0.05, 0) is 67.5 Å². The number of ether oxygens (including phenoxy) is 3. The number of aliphatic hydroxyl groups excluding tert-OH is 1. The lowest BCUT2D eigenvalue weighted by Crippen LogP contribution is -2.53. The summed E-state index contributed by atoms with van der Waals surface area (Å²) >= 11 is 0. The van der Waals surface area contributed by atoms with E-state index < -0.39 is 60.0 Å². The van der Waals surface area contributed by atoms with E-state index in [0.717, 1.165) is 23.1 Å². The molecule has 7 nitrogen and oxygen atoms in total. The SMILES string of the molecule is CCCc1cc2c(c(CCC)c1OCCCCN1C(=O)C(C)(c3ccc(OC(F)(F)F)cc3)NC1O)COC2(C(F)(F)F)C(F)(F)F. The van der Waals surface area contributed by atoms with Crippen molar-refractivity contribution >= 4 is 5.91 Å². The molecule has 0 aromatic heterocycles. The predicted molar refractivity (Wildman–Crippen MR) is 149 cm³/mol. The average Bonchev–Trinajstić information content (AvgIpc) is 3.45. The minimum absolute atomic E-state index is 0.0141. The van der Waals surface area contributed by atoms with Crippen LogP contribution in [0.25, 0.3) is 0 Å². The smallest absolute Gasteiger partial charge is 0.493 e. The summed E-state index contributed by atoms with van der Waals surface area (Å²) < 4.78 is 136. The fraction of sp³-hybridized carbons (Fsp3) is 0.581. The molecule has 16 heteroatoms. The molecule has 0 spiro atoms. The molecule has 4 rings (SSSR count). The predicted octanol–water partition coefficient (Wildman–Crippen LogP) is 7.12. The second kappa shape index (κ2) is 13.3. The van der Waals surface area contributed by atoms with Gasteiger partial charge in [0.25, 0.3) is 5.60 Å². The number of hydrogen-bond acceptors (Lipinski definition) is 6. The van der Waals surface area contributed by atoms with E-state index in [1.165, 1.54) is 19.1 Å². The minimum atomic E-state index is -5.75. The van der Waals surface area contributed by atoms with Crippen molar-refractivity contribution in [3.63, 3.8) is 0 Å². The van der Waals surface area contributed by atoms with Crippen LogP contribution in [-0.4, -0.2) is 54.1 Å². The molecule has 0 aliphatic carbocycles. The molecule has 0 saturated carbocycles. The summed E-state index contributed by atoms with van der Waals surface area (Å²) in [7, 11) is 0. The molecule has 47 heavy (non-hydrogen) atoms. The van der Waals surface area contributed by atoms with E-state index >= 15 is 0 Å². The summed E-state index contributed by atoms with van der Waals surface area (Å²) in [5.74, 6) is -0.796. The van der Waals surface area contributed by atoms with Crippen LogP contribution in [0.15, 0.2) is 30.3 Å². The molecule has 2 unspecified atom stereocenters. The summed E-state index contributed by atoms with van der Waals surface area (Å²) in [6.45, 7) is 4.12. The number of aryl methyl sites for hydroxylation is 1. The van der Waals surface area contributed by atoms with Crippen molar-refractivity contribution < 1.29 is 63.6 Å². The topological polar surface area (TPSA) is 80.3 Å². The second-order valence-electron chi connectivity index (χ2n) is 11.6. The molecule has 2 N–H and O–H groups in total. The fourth-order valence-corrected chi connectivity index (χ4v) is 6.11. The number of carbonyl (C=O) groups excluding carboxylic acids is 1. The highest BCUT2D eigenvalue weighted by Crippen LogP contribution is 2.58. The zero-order chi connectivity index (χ0) is 35.0. The maximum atomic E-state index is 14.0. The molecule has 1 fully saturated rings. The Kier molecular flexibility index (Phi) is 10.4. The van der Waals surface area contributed by atoms with Crippen LogP contribution in [0.1, 0.15) is 74.3 Å².